The van der Waals surface area contributed by atoms with Crippen molar-refractivity contribution in [2.24, 2.45) is 4.99 Å². The minimum atomic E-state index is 0.679. The van der Waals surface area contributed by atoms with Crippen molar-refractivity contribution in [1.29, 1.82) is 0 Å². The molecule has 1 aromatic rings. The van der Waals surface area contributed by atoms with E-state index in [0.29, 0.717) is 6.54 Å². The number of guanidine groups is 1. The summed E-state index contributed by atoms with van der Waals surface area (Å²) in [6.07, 6.45) is 2.66. The number of nitrogens with one attached hydrogen (secondary N) is 2. The molecule has 1 atom stereocenters. The monoisotopic (exact) mass is 321 g/mol. The van der Waals surface area contributed by atoms with Gasteiger partial charge < -0.3 is 15.4 Å². The molecule has 4 nitrogen and oxygen atoms in total. The number of methoxy groups -OCH3 is 1. The van der Waals surface area contributed by atoms with Crippen LogP contribution in [0.2, 0.25) is 0 Å². The minimum Gasteiger partial charge on any atom is -0.496 e. The number of aryl methyl sites for hydroxylation is 1. The SMILES string of the molecule is CCNC(=NCc1ccc(OC)c(C)c1)NCC1CCCS1. The molecule has 1 fully saturated rings. The summed E-state index contributed by atoms with van der Waals surface area (Å²) < 4.78 is 5.30. The lowest BCUT2D eigenvalue weighted by atomic mass is 10.1. The molecule has 0 bridgehead atoms. The predicted octanol–water partition coefficient (Wildman–Crippen LogP) is 2.95. The standard InChI is InChI=1S/C17H27N3OS/c1-4-18-17(20-12-15-6-5-9-22-15)19-11-14-7-8-16(21-3)13(2)10-14/h7-8,10,15H,4-6,9,11-12H2,1-3H3,(H2,18,19,20). The van der Waals surface area contributed by atoms with Crippen molar-refractivity contribution in [3.05, 3.63) is 29.3 Å². The molecule has 5 heteroatoms. The summed E-state index contributed by atoms with van der Waals surface area (Å²) in [5.41, 5.74) is 2.35. The molecule has 1 saturated heterocycles. The molecule has 1 unspecified atom stereocenters. The molecule has 1 aliphatic heterocycles. The third-order valence-electron chi connectivity index (χ3n) is 3.74. The van der Waals surface area contributed by atoms with E-state index in [9.17, 15) is 0 Å². The van der Waals surface area contributed by atoms with E-state index in [2.05, 4.69) is 53.4 Å². The van der Waals surface area contributed by atoms with Crippen LogP contribution in [0.3, 0.4) is 0 Å². The zero-order valence-electron chi connectivity index (χ0n) is 13.8. The molecular formula is C17H27N3OS. The number of benzene rings is 1. The van der Waals surface area contributed by atoms with Gasteiger partial charge in [0.15, 0.2) is 5.96 Å². The van der Waals surface area contributed by atoms with Crippen molar-refractivity contribution in [3.8, 4) is 5.75 Å². The van der Waals surface area contributed by atoms with Crippen molar-refractivity contribution in [2.75, 3.05) is 26.0 Å². The van der Waals surface area contributed by atoms with Crippen molar-refractivity contribution >= 4 is 17.7 Å². The van der Waals surface area contributed by atoms with E-state index >= 15 is 0 Å². The Morgan fingerprint density at radius 2 is 2.27 bits per heavy atom. The van der Waals surface area contributed by atoms with Gasteiger partial charge >= 0.3 is 0 Å². The number of hydrogen-bond acceptors (Lipinski definition) is 3. The lowest BCUT2D eigenvalue weighted by Gasteiger charge is -2.14. The Hall–Kier alpha value is -1.36. The molecule has 22 heavy (non-hydrogen) atoms. The van der Waals surface area contributed by atoms with Gasteiger partial charge in [-0.2, -0.15) is 11.8 Å². The normalized spacial score (nSPS) is 18.3. The van der Waals surface area contributed by atoms with Crippen LogP contribution < -0.4 is 15.4 Å². The second kappa shape index (κ2) is 8.93. The van der Waals surface area contributed by atoms with Gasteiger partial charge in [0.2, 0.25) is 0 Å². The zero-order valence-corrected chi connectivity index (χ0v) is 14.6. The van der Waals surface area contributed by atoms with Crippen LogP contribution in [-0.4, -0.2) is 37.2 Å². The van der Waals surface area contributed by atoms with Crippen LogP contribution in [0, 0.1) is 6.92 Å². The molecule has 1 aromatic carbocycles. The van der Waals surface area contributed by atoms with E-state index in [-0.39, 0.29) is 0 Å². The van der Waals surface area contributed by atoms with Crippen molar-refractivity contribution in [1.82, 2.24) is 10.6 Å². The van der Waals surface area contributed by atoms with Crippen LogP contribution in [0.4, 0.5) is 0 Å². The third kappa shape index (κ3) is 5.13. The Kier molecular flexibility index (Phi) is 6.90. The maximum Gasteiger partial charge on any atom is 0.191 e. The average Bonchev–Trinajstić information content (AvgIpc) is 3.03. The quantitative estimate of drug-likeness (QED) is 0.625. The van der Waals surface area contributed by atoms with Crippen molar-refractivity contribution in [3.63, 3.8) is 0 Å². The average molecular weight is 321 g/mol. The highest BCUT2D eigenvalue weighted by Crippen LogP contribution is 2.25. The van der Waals surface area contributed by atoms with Gasteiger partial charge in [-0.25, -0.2) is 4.99 Å². The first-order valence-corrected chi connectivity index (χ1v) is 9.05. The van der Waals surface area contributed by atoms with Gasteiger partial charge in [0.1, 0.15) is 5.75 Å². The van der Waals surface area contributed by atoms with Crippen LogP contribution in [0.1, 0.15) is 30.9 Å². The van der Waals surface area contributed by atoms with Gasteiger partial charge in [-0.3, -0.25) is 0 Å². The van der Waals surface area contributed by atoms with Gasteiger partial charge in [0.05, 0.1) is 13.7 Å². The Bertz CT molecular complexity index is 499. The van der Waals surface area contributed by atoms with E-state index in [1.165, 1.54) is 24.2 Å². The maximum absolute atomic E-state index is 5.30. The Balaban J connectivity index is 1.92. The summed E-state index contributed by atoms with van der Waals surface area (Å²) in [6, 6.07) is 6.22. The molecule has 0 spiro atoms. The lowest BCUT2D eigenvalue weighted by molar-refractivity contribution is 0.411. The second-order valence-electron chi connectivity index (χ2n) is 5.52. The highest BCUT2D eigenvalue weighted by molar-refractivity contribution is 8.00. The summed E-state index contributed by atoms with van der Waals surface area (Å²) in [5.74, 6) is 3.13. The summed E-state index contributed by atoms with van der Waals surface area (Å²) in [4.78, 5) is 4.69. The lowest BCUT2D eigenvalue weighted by Crippen LogP contribution is -2.40. The number of rotatable bonds is 6. The fourth-order valence-corrected chi connectivity index (χ4v) is 3.77. The molecule has 0 aliphatic carbocycles. The highest BCUT2D eigenvalue weighted by atomic mass is 32.2. The Labute approximate surface area is 138 Å². The molecule has 1 aliphatic rings. The first kappa shape index (κ1) is 17.0. The molecular weight excluding hydrogens is 294 g/mol. The third-order valence-corrected chi connectivity index (χ3v) is 5.14. The molecule has 122 valence electrons. The van der Waals surface area contributed by atoms with Gasteiger partial charge in [-0.1, -0.05) is 12.1 Å². The summed E-state index contributed by atoms with van der Waals surface area (Å²) in [7, 11) is 1.70. The van der Waals surface area contributed by atoms with E-state index < -0.39 is 0 Å². The van der Waals surface area contributed by atoms with Crippen LogP contribution in [0.5, 0.6) is 5.75 Å². The molecule has 2 rings (SSSR count). The summed E-state index contributed by atoms with van der Waals surface area (Å²) >= 11 is 2.06. The molecule has 1 heterocycles. The number of hydrogen-bond donors (Lipinski definition) is 2. The zero-order chi connectivity index (χ0) is 15.8. The van der Waals surface area contributed by atoms with Crippen LogP contribution in [-0.2, 0) is 6.54 Å². The number of thioether (sulfide) groups is 1. The summed E-state index contributed by atoms with van der Waals surface area (Å²) in [6.45, 7) is 6.72. The fraction of sp³-hybridized carbons (Fsp3) is 0.588. The summed E-state index contributed by atoms with van der Waals surface area (Å²) in [5, 5.41) is 7.51. The highest BCUT2D eigenvalue weighted by Gasteiger charge is 2.15. The molecule has 0 aromatic heterocycles. The maximum atomic E-state index is 5.30. The van der Waals surface area contributed by atoms with Crippen molar-refractivity contribution < 1.29 is 4.74 Å². The van der Waals surface area contributed by atoms with Gasteiger partial charge in [0, 0.05) is 18.3 Å². The molecule has 0 radical (unpaired) electrons. The first-order valence-electron chi connectivity index (χ1n) is 8.00. The number of nitrogens with zero attached hydrogens (tertiary/aromatic N) is 1. The number of ether oxygens (including phenoxy) is 1. The van der Waals surface area contributed by atoms with E-state index in [1.807, 2.05) is 6.07 Å². The number of aliphatic imine (C=N–C) groups is 1. The van der Waals surface area contributed by atoms with E-state index in [0.717, 1.165) is 35.6 Å². The molecule has 2 N–H and O–H groups in total. The van der Waals surface area contributed by atoms with Gasteiger partial charge in [-0.05, 0) is 49.6 Å². The topological polar surface area (TPSA) is 45.7 Å². The predicted molar refractivity (Wildman–Crippen MR) is 96.0 cm³/mol. The van der Waals surface area contributed by atoms with Crippen molar-refractivity contribution in [2.45, 2.75) is 38.5 Å². The van der Waals surface area contributed by atoms with Gasteiger partial charge in [-0.15, -0.1) is 0 Å². The largest absolute Gasteiger partial charge is 0.496 e. The van der Waals surface area contributed by atoms with E-state index in [4.69, 9.17) is 4.74 Å². The van der Waals surface area contributed by atoms with Crippen LogP contribution in [0.25, 0.3) is 0 Å². The van der Waals surface area contributed by atoms with Gasteiger partial charge in [0.25, 0.3) is 0 Å². The molecule has 0 saturated carbocycles. The Morgan fingerprint density at radius 3 is 2.91 bits per heavy atom. The van der Waals surface area contributed by atoms with Crippen LogP contribution >= 0.6 is 11.8 Å². The molecule has 0 amide bonds. The fourth-order valence-electron chi connectivity index (χ4n) is 2.57. The van der Waals surface area contributed by atoms with Crippen LogP contribution in [0.15, 0.2) is 23.2 Å². The Morgan fingerprint density at radius 1 is 1.41 bits per heavy atom. The van der Waals surface area contributed by atoms with E-state index in [1.54, 1.807) is 7.11 Å². The minimum absolute atomic E-state index is 0.679. The second-order valence-corrected chi connectivity index (χ2v) is 6.92. The first-order chi connectivity index (χ1) is 10.7. The smallest absolute Gasteiger partial charge is 0.191 e.